The van der Waals surface area contributed by atoms with Crippen molar-refractivity contribution in [2.24, 2.45) is 0 Å². The lowest BCUT2D eigenvalue weighted by molar-refractivity contribution is -0.137. The van der Waals surface area contributed by atoms with Gasteiger partial charge in [0, 0.05) is 24.4 Å². The normalized spacial score (nSPS) is 16.4. The number of hydrogen-bond donors (Lipinski definition) is 2. The van der Waals surface area contributed by atoms with E-state index in [1.807, 2.05) is 0 Å². The quantitative estimate of drug-likeness (QED) is 0.872. The number of benzene rings is 1. The van der Waals surface area contributed by atoms with Crippen molar-refractivity contribution in [2.45, 2.75) is 37.3 Å². The fourth-order valence-corrected chi connectivity index (χ4v) is 3.50. The van der Waals surface area contributed by atoms with Crippen LogP contribution < -0.4 is 11.1 Å². The molecule has 0 atom stereocenters. The van der Waals surface area contributed by atoms with Gasteiger partial charge in [0.05, 0.1) is 5.56 Å². The minimum Gasteiger partial charge on any atom is -0.382 e. The van der Waals surface area contributed by atoms with E-state index in [-0.39, 0.29) is 18.1 Å². The Balaban J connectivity index is 1.83. The highest BCUT2D eigenvalue weighted by molar-refractivity contribution is 5.96. The van der Waals surface area contributed by atoms with Crippen LogP contribution in [0.25, 0.3) is 0 Å². The molecule has 1 aromatic carbocycles. The average molecular weight is 364 g/mol. The molecule has 1 heterocycles. The molecule has 1 amide bonds. The molecule has 1 aliphatic rings. The fourth-order valence-electron chi connectivity index (χ4n) is 3.50. The smallest absolute Gasteiger partial charge is 0.382 e. The maximum absolute atomic E-state index is 13.1. The molecule has 0 unspecified atom stereocenters. The Kier molecular flexibility index (Phi) is 4.84. The van der Waals surface area contributed by atoms with Crippen LogP contribution in [0, 0.1) is 0 Å². The van der Waals surface area contributed by atoms with Crippen LogP contribution in [0.5, 0.6) is 0 Å². The first kappa shape index (κ1) is 18.2. The molecule has 0 saturated heterocycles. The van der Waals surface area contributed by atoms with Crippen molar-refractivity contribution in [3.63, 3.8) is 0 Å². The van der Waals surface area contributed by atoms with Crippen LogP contribution in [0.1, 0.15) is 47.3 Å². The second-order valence-corrected chi connectivity index (χ2v) is 6.54. The second kappa shape index (κ2) is 6.93. The molecule has 3 rings (SSSR count). The van der Waals surface area contributed by atoms with Crippen LogP contribution in [-0.2, 0) is 11.6 Å². The summed E-state index contributed by atoms with van der Waals surface area (Å²) in [5, 5.41) is 2.78. The summed E-state index contributed by atoms with van der Waals surface area (Å²) >= 11 is 0. The lowest BCUT2D eigenvalue weighted by Crippen LogP contribution is -2.39. The third kappa shape index (κ3) is 3.63. The number of alkyl halides is 3. The monoisotopic (exact) mass is 364 g/mol. The Morgan fingerprint density at radius 3 is 2.54 bits per heavy atom. The molecule has 3 N–H and O–H groups in total. The zero-order valence-electron chi connectivity index (χ0n) is 14.0. The zero-order chi connectivity index (χ0) is 18.8. The number of rotatable bonds is 4. The van der Waals surface area contributed by atoms with Crippen LogP contribution in [0.4, 0.5) is 19.0 Å². The number of hydrogen-bond acceptors (Lipinski definition) is 4. The highest BCUT2D eigenvalue weighted by atomic mass is 19.4. The first-order valence-electron chi connectivity index (χ1n) is 8.34. The van der Waals surface area contributed by atoms with E-state index >= 15 is 0 Å². The first-order chi connectivity index (χ1) is 12.3. The van der Waals surface area contributed by atoms with Gasteiger partial charge in [-0.1, -0.05) is 31.0 Å². The van der Waals surface area contributed by atoms with E-state index in [0.717, 1.165) is 18.9 Å². The van der Waals surface area contributed by atoms with Gasteiger partial charge in [-0.05, 0) is 24.5 Å². The van der Waals surface area contributed by atoms with Crippen molar-refractivity contribution in [3.8, 4) is 0 Å². The summed E-state index contributed by atoms with van der Waals surface area (Å²) in [6.45, 7) is 0.225. The molecule has 138 valence electrons. The lowest BCUT2D eigenvalue weighted by atomic mass is 9.78. The largest absolute Gasteiger partial charge is 0.416 e. The summed E-state index contributed by atoms with van der Waals surface area (Å²) < 4.78 is 39.2. The number of amides is 1. The van der Waals surface area contributed by atoms with Crippen molar-refractivity contribution in [3.05, 3.63) is 53.5 Å². The summed E-state index contributed by atoms with van der Waals surface area (Å²) in [6, 6.07) is 5.36. The molecule has 0 aliphatic heterocycles. The molecular formula is C18H19F3N4O. The summed E-state index contributed by atoms with van der Waals surface area (Å²) in [4.78, 5) is 20.1. The third-order valence-electron chi connectivity index (χ3n) is 4.89. The molecular weight excluding hydrogens is 345 g/mol. The van der Waals surface area contributed by atoms with Gasteiger partial charge in [-0.3, -0.25) is 4.79 Å². The number of anilines is 1. The van der Waals surface area contributed by atoms with Crippen LogP contribution in [0.15, 0.2) is 36.7 Å². The van der Waals surface area contributed by atoms with Crippen LogP contribution >= 0.6 is 0 Å². The number of nitrogens with two attached hydrogens (primary N) is 1. The average Bonchev–Trinajstić information content (AvgIpc) is 3.10. The maximum Gasteiger partial charge on any atom is 0.416 e. The zero-order valence-corrected chi connectivity index (χ0v) is 14.0. The Hall–Kier alpha value is -2.64. The molecule has 1 fully saturated rings. The molecule has 26 heavy (non-hydrogen) atoms. The lowest BCUT2D eigenvalue weighted by Gasteiger charge is -2.30. The van der Waals surface area contributed by atoms with Gasteiger partial charge in [0.25, 0.3) is 5.91 Å². The van der Waals surface area contributed by atoms with E-state index in [2.05, 4.69) is 15.3 Å². The van der Waals surface area contributed by atoms with Gasteiger partial charge in [-0.2, -0.15) is 13.2 Å². The molecule has 1 aliphatic carbocycles. The SMILES string of the molecule is Nc1nccnc1C(=O)NCC1(c2cccc(C(F)(F)F)c2)CCCC1. The van der Waals surface area contributed by atoms with Crippen molar-refractivity contribution in [2.75, 3.05) is 12.3 Å². The van der Waals surface area contributed by atoms with Gasteiger partial charge in [-0.25, -0.2) is 9.97 Å². The predicted molar refractivity (Wildman–Crippen MR) is 90.4 cm³/mol. The second-order valence-electron chi connectivity index (χ2n) is 6.54. The number of nitrogen functional groups attached to an aromatic ring is 1. The Bertz CT molecular complexity index is 801. The molecule has 0 radical (unpaired) electrons. The molecule has 5 nitrogen and oxygen atoms in total. The molecule has 0 bridgehead atoms. The van der Waals surface area contributed by atoms with Crippen molar-refractivity contribution in [1.82, 2.24) is 15.3 Å². The number of nitrogens with zero attached hydrogens (tertiary/aromatic N) is 2. The van der Waals surface area contributed by atoms with E-state index in [0.29, 0.717) is 18.4 Å². The molecule has 0 spiro atoms. The molecule has 2 aromatic rings. The van der Waals surface area contributed by atoms with E-state index in [4.69, 9.17) is 5.73 Å². The Morgan fingerprint density at radius 2 is 1.88 bits per heavy atom. The van der Waals surface area contributed by atoms with Gasteiger partial charge in [0.2, 0.25) is 0 Å². The van der Waals surface area contributed by atoms with E-state index in [1.165, 1.54) is 24.5 Å². The van der Waals surface area contributed by atoms with E-state index < -0.39 is 23.1 Å². The Labute approximate surface area is 148 Å². The van der Waals surface area contributed by atoms with Gasteiger partial charge in [0.1, 0.15) is 0 Å². The highest BCUT2D eigenvalue weighted by Gasteiger charge is 2.38. The fraction of sp³-hybridized carbons (Fsp3) is 0.389. The number of aromatic nitrogens is 2. The number of carbonyl (C=O) groups excluding carboxylic acids is 1. The van der Waals surface area contributed by atoms with Crippen LogP contribution in [-0.4, -0.2) is 22.4 Å². The summed E-state index contributed by atoms with van der Waals surface area (Å²) in [6.07, 6.45) is 1.58. The minimum atomic E-state index is -4.40. The van der Waals surface area contributed by atoms with Gasteiger partial charge in [0.15, 0.2) is 11.5 Å². The van der Waals surface area contributed by atoms with Crippen molar-refractivity contribution >= 4 is 11.7 Å². The van der Waals surface area contributed by atoms with Crippen LogP contribution in [0.3, 0.4) is 0 Å². The van der Waals surface area contributed by atoms with E-state index in [9.17, 15) is 18.0 Å². The number of nitrogens with one attached hydrogen (secondary N) is 1. The minimum absolute atomic E-state index is 0.0181. The van der Waals surface area contributed by atoms with Gasteiger partial charge < -0.3 is 11.1 Å². The molecule has 1 saturated carbocycles. The molecule has 1 aromatic heterocycles. The Morgan fingerprint density at radius 1 is 1.19 bits per heavy atom. The van der Waals surface area contributed by atoms with Gasteiger partial charge >= 0.3 is 6.18 Å². The number of carbonyl (C=O) groups is 1. The summed E-state index contributed by atoms with van der Waals surface area (Å²) in [5.74, 6) is -0.460. The van der Waals surface area contributed by atoms with Crippen molar-refractivity contribution in [1.29, 1.82) is 0 Å². The highest BCUT2D eigenvalue weighted by Crippen LogP contribution is 2.42. The van der Waals surface area contributed by atoms with Crippen molar-refractivity contribution < 1.29 is 18.0 Å². The van der Waals surface area contributed by atoms with Gasteiger partial charge in [-0.15, -0.1) is 0 Å². The predicted octanol–water partition coefficient (Wildman–Crippen LogP) is 3.32. The first-order valence-corrected chi connectivity index (χ1v) is 8.34. The maximum atomic E-state index is 13.1. The topological polar surface area (TPSA) is 80.9 Å². The summed E-state index contributed by atoms with van der Waals surface area (Å²) in [7, 11) is 0. The molecule has 8 heteroatoms. The van der Waals surface area contributed by atoms with Crippen LogP contribution in [0.2, 0.25) is 0 Å². The standard InChI is InChI=1S/C18H19F3N4O/c19-18(20,21)13-5-3-4-12(10-13)17(6-1-2-7-17)11-25-16(26)14-15(22)24-9-8-23-14/h3-5,8-10H,1-2,6-7,11H2,(H2,22,24)(H,25,26). The number of halogens is 3. The third-order valence-corrected chi connectivity index (χ3v) is 4.89. The van der Waals surface area contributed by atoms with E-state index in [1.54, 1.807) is 6.07 Å². The summed E-state index contributed by atoms with van der Waals surface area (Å²) in [5.41, 5.74) is 5.08.